The maximum Gasteiger partial charge on any atom is 0.314 e. The Morgan fingerprint density at radius 1 is 0.960 bits per heavy atom. The molecule has 2 N–H and O–H groups in total. The smallest absolute Gasteiger partial charge is 0.314 e. The van der Waals surface area contributed by atoms with Gasteiger partial charge in [0.1, 0.15) is 0 Å². The summed E-state index contributed by atoms with van der Waals surface area (Å²) in [5.74, 6) is -0.0454. The lowest BCUT2D eigenvalue weighted by Crippen LogP contribution is -2.39. The number of hydrogen-bond donors (Lipinski definition) is 1. The van der Waals surface area contributed by atoms with Crippen molar-refractivity contribution >= 4 is 11.9 Å². The third kappa shape index (κ3) is 3.79. The van der Waals surface area contributed by atoms with E-state index in [0.717, 1.165) is 17.7 Å². The van der Waals surface area contributed by atoms with E-state index in [0.29, 0.717) is 37.4 Å². The summed E-state index contributed by atoms with van der Waals surface area (Å²) in [6, 6.07) is 13.2. The molecule has 1 aromatic heterocycles. The Morgan fingerprint density at radius 2 is 1.64 bits per heavy atom. The number of nitrogens with two attached hydrogens (primary N) is 1. The maximum atomic E-state index is 12.8. The Labute approximate surface area is 147 Å². The minimum Gasteiger partial charge on any atom is -0.351 e. The first-order valence-corrected chi connectivity index (χ1v) is 8.43. The lowest BCUT2D eigenvalue weighted by molar-refractivity contribution is 0.0761. The first-order valence-electron chi connectivity index (χ1n) is 8.43. The van der Waals surface area contributed by atoms with Gasteiger partial charge in [-0.3, -0.25) is 9.78 Å². The molecule has 3 amide bonds. The second kappa shape index (κ2) is 7.34. The van der Waals surface area contributed by atoms with Crippen molar-refractivity contribution in [1.82, 2.24) is 14.8 Å². The maximum absolute atomic E-state index is 12.8. The van der Waals surface area contributed by atoms with E-state index in [4.69, 9.17) is 5.73 Å². The van der Waals surface area contributed by atoms with Crippen LogP contribution in [0.5, 0.6) is 0 Å². The molecule has 0 bridgehead atoms. The number of benzene rings is 1. The third-order valence-corrected chi connectivity index (χ3v) is 4.48. The third-order valence-electron chi connectivity index (χ3n) is 4.48. The number of urea groups is 1. The fourth-order valence-corrected chi connectivity index (χ4v) is 3.07. The summed E-state index contributed by atoms with van der Waals surface area (Å²) >= 11 is 0. The number of aromatic nitrogens is 1. The van der Waals surface area contributed by atoms with Gasteiger partial charge in [0, 0.05) is 31.7 Å². The molecule has 6 heteroatoms. The monoisotopic (exact) mass is 338 g/mol. The van der Waals surface area contributed by atoms with Crippen molar-refractivity contribution in [2.45, 2.75) is 13.3 Å². The van der Waals surface area contributed by atoms with Gasteiger partial charge in [-0.1, -0.05) is 30.3 Å². The minimum absolute atomic E-state index is 0.0454. The zero-order valence-electron chi connectivity index (χ0n) is 14.3. The summed E-state index contributed by atoms with van der Waals surface area (Å²) in [7, 11) is 0. The van der Waals surface area contributed by atoms with Gasteiger partial charge in [-0.15, -0.1) is 0 Å². The highest BCUT2D eigenvalue weighted by Gasteiger charge is 2.23. The summed E-state index contributed by atoms with van der Waals surface area (Å²) in [4.78, 5) is 32.1. The fraction of sp³-hybridized carbons (Fsp3) is 0.316. The SMILES string of the molecule is Cc1nc(-c2ccccc2)ccc1C(=O)N1CCCN(C(N)=O)CC1. The van der Waals surface area contributed by atoms with Gasteiger partial charge < -0.3 is 15.5 Å². The average Bonchev–Trinajstić information content (AvgIpc) is 2.88. The average molecular weight is 338 g/mol. The second-order valence-electron chi connectivity index (χ2n) is 6.17. The lowest BCUT2D eigenvalue weighted by Gasteiger charge is -2.22. The Balaban J connectivity index is 1.77. The molecule has 1 aromatic carbocycles. The van der Waals surface area contributed by atoms with Gasteiger partial charge in [-0.2, -0.15) is 0 Å². The van der Waals surface area contributed by atoms with E-state index in [9.17, 15) is 9.59 Å². The predicted molar refractivity (Wildman–Crippen MR) is 96.1 cm³/mol. The molecule has 3 rings (SSSR count). The zero-order chi connectivity index (χ0) is 17.8. The molecule has 0 spiro atoms. The standard InChI is InChI=1S/C19H22N4O2/c1-14-16(8-9-17(21-14)15-6-3-2-4-7-15)18(24)22-10-5-11-23(13-12-22)19(20)25/h2-4,6-9H,5,10-13H2,1H3,(H2,20,25). The van der Waals surface area contributed by atoms with Crippen molar-refractivity contribution in [3.63, 3.8) is 0 Å². The Morgan fingerprint density at radius 3 is 2.32 bits per heavy atom. The lowest BCUT2D eigenvalue weighted by atomic mass is 10.1. The van der Waals surface area contributed by atoms with Gasteiger partial charge in [0.05, 0.1) is 17.0 Å². The van der Waals surface area contributed by atoms with Crippen molar-refractivity contribution in [3.8, 4) is 11.3 Å². The van der Waals surface area contributed by atoms with Crippen LogP contribution in [0.15, 0.2) is 42.5 Å². The Hall–Kier alpha value is -2.89. The van der Waals surface area contributed by atoms with E-state index in [-0.39, 0.29) is 5.91 Å². The van der Waals surface area contributed by atoms with Gasteiger partial charge in [-0.05, 0) is 25.5 Å². The van der Waals surface area contributed by atoms with E-state index in [1.165, 1.54) is 0 Å². The number of carbonyl (C=O) groups is 2. The van der Waals surface area contributed by atoms with Gasteiger partial charge >= 0.3 is 6.03 Å². The molecular weight excluding hydrogens is 316 g/mol. The summed E-state index contributed by atoms with van der Waals surface area (Å²) in [6.07, 6.45) is 0.725. The first-order chi connectivity index (χ1) is 12.1. The van der Waals surface area contributed by atoms with E-state index in [1.54, 1.807) is 9.80 Å². The van der Waals surface area contributed by atoms with Crippen LogP contribution < -0.4 is 5.73 Å². The number of amides is 3. The van der Waals surface area contributed by atoms with E-state index in [1.807, 2.05) is 49.4 Å². The van der Waals surface area contributed by atoms with Crippen LogP contribution in [0, 0.1) is 6.92 Å². The molecule has 1 fully saturated rings. The molecule has 2 heterocycles. The van der Waals surface area contributed by atoms with E-state index in [2.05, 4.69) is 4.98 Å². The normalized spacial score (nSPS) is 14.9. The van der Waals surface area contributed by atoms with Crippen LogP contribution >= 0.6 is 0 Å². The van der Waals surface area contributed by atoms with Crippen LogP contribution in [0.1, 0.15) is 22.5 Å². The first kappa shape index (κ1) is 17.0. The van der Waals surface area contributed by atoms with Crippen molar-refractivity contribution in [1.29, 1.82) is 0 Å². The second-order valence-corrected chi connectivity index (χ2v) is 6.17. The number of hydrogen-bond acceptors (Lipinski definition) is 3. The van der Waals surface area contributed by atoms with Crippen LogP contribution in [-0.2, 0) is 0 Å². The topological polar surface area (TPSA) is 79.5 Å². The number of nitrogens with zero attached hydrogens (tertiary/aromatic N) is 3. The van der Waals surface area contributed by atoms with Gasteiger partial charge in [-0.25, -0.2) is 4.79 Å². The highest BCUT2D eigenvalue weighted by Crippen LogP contribution is 2.20. The molecule has 25 heavy (non-hydrogen) atoms. The molecule has 0 atom stereocenters. The van der Waals surface area contributed by atoms with Crippen molar-refractivity contribution in [2.75, 3.05) is 26.2 Å². The van der Waals surface area contributed by atoms with Crippen LogP contribution in [0.25, 0.3) is 11.3 Å². The van der Waals surface area contributed by atoms with Gasteiger partial charge in [0.2, 0.25) is 0 Å². The Bertz CT molecular complexity index is 776. The number of pyridine rings is 1. The van der Waals surface area contributed by atoms with Crippen LogP contribution in [-0.4, -0.2) is 52.9 Å². The van der Waals surface area contributed by atoms with Crippen LogP contribution in [0.3, 0.4) is 0 Å². The molecule has 1 saturated heterocycles. The molecule has 0 aliphatic carbocycles. The molecule has 6 nitrogen and oxygen atoms in total. The molecule has 130 valence electrons. The summed E-state index contributed by atoms with van der Waals surface area (Å²) < 4.78 is 0. The highest BCUT2D eigenvalue weighted by molar-refractivity contribution is 5.95. The number of aryl methyl sites for hydroxylation is 1. The molecular formula is C19H22N4O2. The molecule has 0 unspecified atom stereocenters. The molecule has 1 aliphatic heterocycles. The van der Waals surface area contributed by atoms with Crippen molar-refractivity contribution < 1.29 is 9.59 Å². The number of carbonyl (C=O) groups excluding carboxylic acids is 2. The van der Waals surface area contributed by atoms with Crippen molar-refractivity contribution in [3.05, 3.63) is 53.7 Å². The quantitative estimate of drug-likeness (QED) is 0.912. The molecule has 0 saturated carbocycles. The van der Waals surface area contributed by atoms with Crippen LogP contribution in [0.2, 0.25) is 0 Å². The van der Waals surface area contributed by atoms with Crippen LogP contribution in [0.4, 0.5) is 4.79 Å². The minimum atomic E-state index is -0.431. The largest absolute Gasteiger partial charge is 0.351 e. The number of primary amides is 1. The van der Waals surface area contributed by atoms with Crippen molar-refractivity contribution in [2.24, 2.45) is 5.73 Å². The molecule has 2 aromatic rings. The number of rotatable bonds is 2. The Kier molecular flexibility index (Phi) is 4.97. The highest BCUT2D eigenvalue weighted by atomic mass is 16.2. The molecule has 1 aliphatic rings. The zero-order valence-corrected chi connectivity index (χ0v) is 14.3. The predicted octanol–water partition coefficient (Wildman–Crippen LogP) is 2.28. The summed E-state index contributed by atoms with van der Waals surface area (Å²) in [5, 5.41) is 0. The van der Waals surface area contributed by atoms with E-state index >= 15 is 0 Å². The fourth-order valence-electron chi connectivity index (χ4n) is 3.07. The molecule has 0 radical (unpaired) electrons. The summed E-state index contributed by atoms with van der Waals surface area (Å²) in [6.45, 7) is 4.01. The van der Waals surface area contributed by atoms with Gasteiger partial charge in [0.25, 0.3) is 5.91 Å². The summed E-state index contributed by atoms with van der Waals surface area (Å²) in [5.41, 5.74) is 8.53. The van der Waals surface area contributed by atoms with E-state index < -0.39 is 6.03 Å². The van der Waals surface area contributed by atoms with Gasteiger partial charge in [0.15, 0.2) is 0 Å².